The summed E-state index contributed by atoms with van der Waals surface area (Å²) in [5.41, 5.74) is -0.0641. The zero-order chi connectivity index (χ0) is 20.5. The second kappa shape index (κ2) is 8.06. The molecule has 3 rings (SSSR count). The van der Waals surface area contributed by atoms with Crippen molar-refractivity contribution in [3.63, 3.8) is 0 Å². The van der Waals surface area contributed by atoms with Crippen molar-refractivity contribution in [2.24, 2.45) is 0 Å². The fraction of sp³-hybridized carbons (Fsp3) is 0.444. The fourth-order valence-corrected chi connectivity index (χ4v) is 3.52. The normalized spacial score (nSPS) is 15.6. The molecule has 2 heterocycles. The third-order valence-corrected chi connectivity index (χ3v) is 5.66. The first-order valence-electron chi connectivity index (χ1n) is 8.83. The van der Waals surface area contributed by atoms with Crippen LogP contribution in [0.3, 0.4) is 0 Å². The van der Waals surface area contributed by atoms with Crippen LogP contribution in [0.1, 0.15) is 19.4 Å². The molecule has 0 spiro atoms. The minimum absolute atomic E-state index is 0.111. The van der Waals surface area contributed by atoms with Gasteiger partial charge in [0.1, 0.15) is 17.9 Å². The van der Waals surface area contributed by atoms with Gasteiger partial charge in [-0.25, -0.2) is 0 Å². The van der Waals surface area contributed by atoms with E-state index in [0.717, 1.165) is 31.4 Å². The van der Waals surface area contributed by atoms with E-state index in [1.54, 1.807) is 24.8 Å². The van der Waals surface area contributed by atoms with Gasteiger partial charge in [0, 0.05) is 32.7 Å². The van der Waals surface area contributed by atoms with Crippen LogP contribution in [0.2, 0.25) is 10.0 Å². The number of nitro groups is 1. The highest BCUT2D eigenvalue weighted by Crippen LogP contribution is 2.24. The summed E-state index contributed by atoms with van der Waals surface area (Å²) in [5, 5.41) is 15.9. The third-order valence-electron chi connectivity index (χ3n) is 4.93. The summed E-state index contributed by atoms with van der Waals surface area (Å²) in [7, 11) is 0. The van der Waals surface area contributed by atoms with Gasteiger partial charge in [0.25, 0.3) is 0 Å². The minimum Gasteiger partial charge on any atom is -0.338 e. The quantitative estimate of drug-likeness (QED) is 0.542. The highest BCUT2D eigenvalue weighted by molar-refractivity contribution is 6.42. The van der Waals surface area contributed by atoms with E-state index in [2.05, 4.69) is 10.00 Å². The summed E-state index contributed by atoms with van der Waals surface area (Å²) < 4.78 is 1.36. The zero-order valence-electron chi connectivity index (χ0n) is 15.6. The lowest BCUT2D eigenvalue weighted by Gasteiger charge is -2.38. The molecule has 0 atom stereocenters. The molecule has 2 aromatic rings. The van der Waals surface area contributed by atoms with Gasteiger partial charge in [-0.05, 0) is 31.5 Å². The molecule has 28 heavy (non-hydrogen) atoms. The molecule has 1 aliphatic heterocycles. The monoisotopic (exact) mass is 425 g/mol. The van der Waals surface area contributed by atoms with Crippen LogP contribution in [-0.2, 0) is 16.9 Å². The lowest BCUT2D eigenvalue weighted by atomic mass is 10.0. The Balaban J connectivity index is 1.60. The van der Waals surface area contributed by atoms with Crippen molar-refractivity contribution in [2.45, 2.75) is 25.9 Å². The molecular formula is C18H21Cl2N5O3. The third kappa shape index (κ3) is 4.29. The van der Waals surface area contributed by atoms with Gasteiger partial charge in [-0.1, -0.05) is 29.3 Å². The van der Waals surface area contributed by atoms with E-state index in [0.29, 0.717) is 23.1 Å². The molecular weight excluding hydrogens is 405 g/mol. The minimum atomic E-state index is -1.000. The van der Waals surface area contributed by atoms with Gasteiger partial charge in [-0.2, -0.15) is 5.10 Å². The Bertz CT molecular complexity index is 891. The molecule has 1 amide bonds. The van der Waals surface area contributed by atoms with Crippen LogP contribution in [0.5, 0.6) is 0 Å². The van der Waals surface area contributed by atoms with Gasteiger partial charge < -0.3 is 4.90 Å². The second-order valence-corrected chi connectivity index (χ2v) is 8.09. The van der Waals surface area contributed by atoms with Crippen molar-refractivity contribution in [3.8, 4) is 0 Å². The van der Waals surface area contributed by atoms with E-state index in [4.69, 9.17) is 23.2 Å². The Hall–Kier alpha value is -2.16. The van der Waals surface area contributed by atoms with Crippen LogP contribution in [0, 0.1) is 10.1 Å². The predicted octanol–water partition coefficient (Wildman–Crippen LogP) is 3.18. The molecule has 1 saturated heterocycles. The number of piperazine rings is 1. The van der Waals surface area contributed by atoms with Gasteiger partial charge in [0.2, 0.25) is 5.91 Å². The maximum atomic E-state index is 13.0. The smallest absolute Gasteiger partial charge is 0.307 e. The summed E-state index contributed by atoms with van der Waals surface area (Å²) in [6.45, 7) is 6.76. The van der Waals surface area contributed by atoms with Gasteiger partial charge in [0.15, 0.2) is 0 Å². The Morgan fingerprint density at radius 3 is 2.46 bits per heavy atom. The molecule has 1 fully saturated rings. The number of carbonyl (C=O) groups excluding carboxylic acids is 1. The van der Waals surface area contributed by atoms with Crippen molar-refractivity contribution in [1.82, 2.24) is 19.6 Å². The average Bonchev–Trinajstić information content (AvgIpc) is 3.16. The van der Waals surface area contributed by atoms with Gasteiger partial charge in [0.05, 0.1) is 15.0 Å². The number of benzene rings is 1. The van der Waals surface area contributed by atoms with E-state index < -0.39 is 10.5 Å². The standard InChI is InChI=1S/C18H21Cl2N5O3/c1-18(2,24-12-14(10-21-24)25(27)28)17(26)23-7-5-22(6-8-23)11-13-3-4-15(19)16(20)9-13/h3-4,9-10,12H,5-8,11H2,1-2H3. The summed E-state index contributed by atoms with van der Waals surface area (Å²) >= 11 is 12.0. The van der Waals surface area contributed by atoms with Crippen molar-refractivity contribution in [2.75, 3.05) is 26.2 Å². The first kappa shape index (κ1) is 20.6. The molecule has 10 heteroatoms. The van der Waals surface area contributed by atoms with Gasteiger partial charge >= 0.3 is 5.69 Å². The van der Waals surface area contributed by atoms with Crippen molar-refractivity contribution in [3.05, 3.63) is 56.3 Å². The Kier molecular flexibility index (Phi) is 5.92. The first-order chi connectivity index (χ1) is 13.2. The van der Waals surface area contributed by atoms with Crippen molar-refractivity contribution >= 4 is 34.8 Å². The predicted molar refractivity (Wildman–Crippen MR) is 107 cm³/mol. The second-order valence-electron chi connectivity index (χ2n) is 7.28. The lowest BCUT2D eigenvalue weighted by Crippen LogP contribution is -2.54. The molecule has 0 bridgehead atoms. The molecule has 0 aliphatic carbocycles. The van der Waals surface area contributed by atoms with E-state index in [-0.39, 0.29) is 11.6 Å². The average molecular weight is 426 g/mol. The van der Waals surface area contributed by atoms with E-state index in [1.165, 1.54) is 10.9 Å². The number of carbonyl (C=O) groups is 1. The van der Waals surface area contributed by atoms with Crippen LogP contribution in [0.15, 0.2) is 30.6 Å². The van der Waals surface area contributed by atoms with E-state index in [9.17, 15) is 14.9 Å². The summed E-state index contributed by atoms with van der Waals surface area (Å²) in [5.74, 6) is -0.111. The van der Waals surface area contributed by atoms with Crippen molar-refractivity contribution in [1.29, 1.82) is 0 Å². The van der Waals surface area contributed by atoms with Crippen LogP contribution >= 0.6 is 23.2 Å². The number of hydrogen-bond donors (Lipinski definition) is 0. The molecule has 8 nitrogen and oxygen atoms in total. The number of hydrogen-bond acceptors (Lipinski definition) is 5. The molecule has 1 aliphatic rings. The van der Waals surface area contributed by atoms with Crippen LogP contribution in [0.25, 0.3) is 0 Å². The zero-order valence-corrected chi connectivity index (χ0v) is 17.2. The molecule has 1 aromatic carbocycles. The number of rotatable bonds is 5. The summed E-state index contributed by atoms with van der Waals surface area (Å²) in [6, 6.07) is 5.58. The fourth-order valence-electron chi connectivity index (χ4n) is 3.20. The molecule has 1 aromatic heterocycles. The van der Waals surface area contributed by atoms with E-state index >= 15 is 0 Å². The van der Waals surface area contributed by atoms with Crippen LogP contribution in [-0.4, -0.2) is 56.6 Å². The molecule has 0 radical (unpaired) electrons. The lowest BCUT2D eigenvalue weighted by molar-refractivity contribution is -0.385. The summed E-state index contributed by atoms with van der Waals surface area (Å²) in [6.07, 6.45) is 2.45. The maximum Gasteiger partial charge on any atom is 0.307 e. The van der Waals surface area contributed by atoms with Gasteiger partial charge in [-0.3, -0.25) is 24.5 Å². The Morgan fingerprint density at radius 2 is 1.89 bits per heavy atom. The van der Waals surface area contributed by atoms with Crippen molar-refractivity contribution < 1.29 is 9.72 Å². The number of nitrogens with zero attached hydrogens (tertiary/aromatic N) is 5. The first-order valence-corrected chi connectivity index (χ1v) is 9.59. The highest BCUT2D eigenvalue weighted by atomic mass is 35.5. The highest BCUT2D eigenvalue weighted by Gasteiger charge is 2.36. The number of aromatic nitrogens is 2. The molecule has 0 unspecified atom stereocenters. The Morgan fingerprint density at radius 1 is 1.21 bits per heavy atom. The number of amides is 1. The molecule has 150 valence electrons. The SMILES string of the molecule is CC(C)(C(=O)N1CCN(Cc2ccc(Cl)c(Cl)c2)CC1)n1cc([N+](=O)[O-])cn1. The maximum absolute atomic E-state index is 13.0. The molecule has 0 saturated carbocycles. The van der Waals surface area contributed by atoms with E-state index in [1.807, 2.05) is 12.1 Å². The number of halogens is 2. The Labute approximate surface area is 172 Å². The van der Waals surface area contributed by atoms with Crippen LogP contribution in [0.4, 0.5) is 5.69 Å². The topological polar surface area (TPSA) is 84.5 Å². The van der Waals surface area contributed by atoms with Crippen LogP contribution < -0.4 is 0 Å². The van der Waals surface area contributed by atoms with Gasteiger partial charge in [-0.15, -0.1) is 0 Å². The summed E-state index contributed by atoms with van der Waals surface area (Å²) in [4.78, 5) is 27.4. The largest absolute Gasteiger partial charge is 0.338 e. The molecule has 0 N–H and O–H groups in total.